The molecule has 3 aromatic carbocycles. The molecule has 50 heavy (non-hydrogen) atoms. The third-order valence-corrected chi connectivity index (χ3v) is 10.3. The molecule has 1 N–H and O–H groups in total. The summed E-state index contributed by atoms with van der Waals surface area (Å²) in [6.45, 7) is 11.0. The minimum absolute atomic E-state index is 0.0369. The molecular formula is C38H45Cl2N5O5. The van der Waals surface area contributed by atoms with Crippen molar-refractivity contribution in [3.8, 4) is 5.75 Å². The van der Waals surface area contributed by atoms with Crippen LogP contribution in [0.25, 0.3) is 0 Å². The highest BCUT2D eigenvalue weighted by Gasteiger charge is 2.45. The van der Waals surface area contributed by atoms with Gasteiger partial charge in [-0.2, -0.15) is 0 Å². The second kappa shape index (κ2) is 15.7. The van der Waals surface area contributed by atoms with Gasteiger partial charge in [0.1, 0.15) is 17.6 Å². The Morgan fingerprint density at radius 2 is 1.50 bits per heavy atom. The van der Waals surface area contributed by atoms with Gasteiger partial charge in [0.15, 0.2) is 0 Å². The first-order chi connectivity index (χ1) is 24.1. The number of aliphatic imine (C=N–C) groups is 1. The molecule has 0 radical (unpaired) electrons. The number of carbonyl (C=O) groups excluding carboxylic acids is 2. The standard InChI is InChI=1S/C38H45Cl2N5O5/c1-4-50-32-23-28(38(2,3)25-46)9-14-31(32)36-41-34(26-5-10-29(39)11-6-26)35(27-7-12-30(40)13-8-27)45(36)37(48)44-17-15-42(16-18-44)24-33(47)43-19-21-49-22-20-43/h5-14,23,34-35,46H,4,15-22,24-25H2,1-3H3/t34-,35+/m0/s1. The first-order valence-corrected chi connectivity index (χ1v) is 18.0. The van der Waals surface area contributed by atoms with Crippen molar-refractivity contribution in [3.63, 3.8) is 0 Å². The Balaban J connectivity index is 1.37. The van der Waals surface area contributed by atoms with Gasteiger partial charge in [-0.3, -0.25) is 19.6 Å². The number of amides is 3. The zero-order valence-corrected chi connectivity index (χ0v) is 30.4. The maximum absolute atomic E-state index is 14.9. The zero-order valence-electron chi connectivity index (χ0n) is 28.9. The fourth-order valence-corrected chi connectivity index (χ4v) is 6.95. The Morgan fingerprint density at radius 1 is 0.880 bits per heavy atom. The number of carbonyl (C=O) groups is 2. The van der Waals surface area contributed by atoms with Gasteiger partial charge in [0.2, 0.25) is 5.91 Å². The molecule has 0 bridgehead atoms. The van der Waals surface area contributed by atoms with Crippen molar-refractivity contribution < 1.29 is 24.2 Å². The number of rotatable bonds is 9. The molecule has 0 aromatic heterocycles. The average molecular weight is 723 g/mol. The molecule has 0 aliphatic carbocycles. The van der Waals surface area contributed by atoms with E-state index in [1.165, 1.54) is 0 Å². The average Bonchev–Trinajstić information content (AvgIpc) is 3.53. The second-order valence-corrected chi connectivity index (χ2v) is 14.4. The summed E-state index contributed by atoms with van der Waals surface area (Å²) in [5, 5.41) is 11.3. The van der Waals surface area contributed by atoms with Crippen molar-refractivity contribution in [2.24, 2.45) is 4.99 Å². The first-order valence-electron chi connectivity index (χ1n) is 17.2. The highest BCUT2D eigenvalue weighted by Crippen LogP contribution is 2.46. The minimum atomic E-state index is -0.502. The maximum Gasteiger partial charge on any atom is 0.326 e. The van der Waals surface area contributed by atoms with E-state index in [0.717, 1.165) is 16.7 Å². The molecule has 3 aliphatic rings. The largest absolute Gasteiger partial charge is 0.493 e. The van der Waals surface area contributed by atoms with Crippen LogP contribution in [-0.4, -0.2) is 115 Å². The van der Waals surface area contributed by atoms with E-state index in [0.29, 0.717) is 92.8 Å². The molecule has 266 valence electrons. The lowest BCUT2D eigenvalue weighted by Crippen LogP contribution is -2.56. The fraction of sp³-hybridized carbons (Fsp3) is 0.447. The van der Waals surface area contributed by atoms with Crippen molar-refractivity contribution in [1.29, 1.82) is 0 Å². The van der Waals surface area contributed by atoms with Crippen molar-refractivity contribution in [2.75, 3.05) is 72.2 Å². The molecule has 3 amide bonds. The molecular weight excluding hydrogens is 677 g/mol. The maximum atomic E-state index is 14.9. The quantitative estimate of drug-likeness (QED) is 0.300. The molecule has 2 fully saturated rings. The highest BCUT2D eigenvalue weighted by atomic mass is 35.5. The second-order valence-electron chi connectivity index (χ2n) is 13.5. The minimum Gasteiger partial charge on any atom is -0.493 e. The summed E-state index contributed by atoms with van der Waals surface area (Å²) in [6, 6.07) is 19.8. The summed E-state index contributed by atoms with van der Waals surface area (Å²) in [7, 11) is 0. The molecule has 0 unspecified atom stereocenters. The van der Waals surface area contributed by atoms with Crippen molar-refractivity contribution in [3.05, 3.63) is 99.0 Å². The Bertz CT molecular complexity index is 1690. The number of morpholine rings is 1. The number of halogens is 2. The lowest BCUT2D eigenvalue weighted by atomic mass is 9.85. The SMILES string of the molecule is CCOc1cc(C(C)(C)CO)ccc1C1=N[C@@H](c2ccc(Cl)cc2)[C@@H](c2ccc(Cl)cc2)N1C(=O)N1CCN(CC(=O)N2CCOCC2)CC1. The van der Waals surface area contributed by atoms with Crippen LogP contribution in [0.2, 0.25) is 10.0 Å². The molecule has 0 spiro atoms. The van der Waals surface area contributed by atoms with Crippen molar-refractivity contribution >= 4 is 41.0 Å². The zero-order chi connectivity index (χ0) is 35.4. The van der Waals surface area contributed by atoms with Gasteiger partial charge in [-0.25, -0.2) is 4.79 Å². The van der Waals surface area contributed by atoms with E-state index >= 15 is 0 Å². The Morgan fingerprint density at radius 3 is 2.10 bits per heavy atom. The van der Waals surface area contributed by atoms with E-state index in [9.17, 15) is 14.7 Å². The summed E-state index contributed by atoms with van der Waals surface area (Å²) < 4.78 is 11.6. The van der Waals surface area contributed by atoms with Gasteiger partial charge in [0.25, 0.3) is 0 Å². The number of ether oxygens (including phenoxy) is 2. The van der Waals surface area contributed by atoms with E-state index in [-0.39, 0.29) is 18.5 Å². The van der Waals surface area contributed by atoms with E-state index in [1.54, 1.807) is 4.90 Å². The third kappa shape index (κ3) is 7.80. The third-order valence-electron chi connectivity index (χ3n) is 9.76. The van der Waals surface area contributed by atoms with Crippen LogP contribution in [0.4, 0.5) is 4.79 Å². The number of nitrogens with zero attached hydrogens (tertiary/aromatic N) is 5. The molecule has 10 nitrogen and oxygen atoms in total. The van der Waals surface area contributed by atoms with E-state index < -0.39 is 17.5 Å². The molecule has 2 saturated heterocycles. The monoisotopic (exact) mass is 721 g/mol. The summed E-state index contributed by atoms with van der Waals surface area (Å²) in [6.07, 6.45) is 0. The van der Waals surface area contributed by atoms with Crippen molar-refractivity contribution in [2.45, 2.75) is 38.3 Å². The Hall–Kier alpha value is -3.67. The summed E-state index contributed by atoms with van der Waals surface area (Å²) in [4.78, 5) is 40.8. The molecule has 2 atom stereocenters. The van der Waals surface area contributed by atoms with Crippen LogP contribution < -0.4 is 4.74 Å². The smallest absolute Gasteiger partial charge is 0.326 e. The van der Waals surface area contributed by atoms with Crippen LogP contribution >= 0.6 is 23.2 Å². The fourth-order valence-electron chi connectivity index (χ4n) is 6.70. The molecule has 3 aromatic rings. The van der Waals surface area contributed by atoms with Crippen LogP contribution in [0, 0.1) is 0 Å². The summed E-state index contributed by atoms with van der Waals surface area (Å²) >= 11 is 12.7. The van der Waals surface area contributed by atoms with Crippen molar-refractivity contribution in [1.82, 2.24) is 19.6 Å². The number of aliphatic hydroxyl groups excluding tert-OH is 1. The van der Waals surface area contributed by atoms with E-state index in [1.807, 2.05) is 97.3 Å². The van der Waals surface area contributed by atoms with E-state index in [4.69, 9.17) is 37.7 Å². The molecule has 6 rings (SSSR count). The van der Waals surface area contributed by atoms with Gasteiger partial charge in [-0.05, 0) is 60.0 Å². The van der Waals surface area contributed by atoms with Gasteiger partial charge in [0, 0.05) is 54.7 Å². The van der Waals surface area contributed by atoms with Crippen LogP contribution in [0.3, 0.4) is 0 Å². The first kappa shape index (κ1) is 36.1. The van der Waals surface area contributed by atoms with Crippen LogP contribution in [-0.2, 0) is 14.9 Å². The van der Waals surface area contributed by atoms with E-state index in [2.05, 4.69) is 4.90 Å². The van der Waals surface area contributed by atoms with Gasteiger partial charge in [-0.1, -0.05) is 67.4 Å². The number of hydrogen-bond acceptors (Lipinski definition) is 7. The van der Waals surface area contributed by atoms with Crippen LogP contribution in [0.15, 0.2) is 71.7 Å². The number of urea groups is 1. The summed E-state index contributed by atoms with van der Waals surface area (Å²) in [5.41, 5.74) is 2.88. The number of piperazine rings is 1. The number of hydrogen-bond donors (Lipinski definition) is 1. The normalized spacial score (nSPS) is 20.2. The number of benzene rings is 3. The lowest BCUT2D eigenvalue weighted by molar-refractivity contribution is -0.136. The van der Waals surface area contributed by atoms with Gasteiger partial charge in [-0.15, -0.1) is 0 Å². The molecule has 0 saturated carbocycles. The Labute approximate surface area is 304 Å². The molecule has 3 heterocycles. The number of amidine groups is 1. The lowest BCUT2D eigenvalue weighted by Gasteiger charge is -2.39. The topological polar surface area (TPSA) is 98.2 Å². The highest BCUT2D eigenvalue weighted by molar-refractivity contribution is 6.30. The van der Waals surface area contributed by atoms with Gasteiger partial charge < -0.3 is 24.4 Å². The number of aliphatic hydroxyl groups is 1. The molecule has 3 aliphatic heterocycles. The van der Waals surface area contributed by atoms with Gasteiger partial charge >= 0.3 is 6.03 Å². The predicted octanol–water partition coefficient (Wildman–Crippen LogP) is 5.80. The van der Waals surface area contributed by atoms with Crippen LogP contribution in [0.1, 0.15) is 55.1 Å². The Kier molecular flexibility index (Phi) is 11.3. The van der Waals surface area contributed by atoms with Crippen LogP contribution in [0.5, 0.6) is 5.75 Å². The molecule has 12 heteroatoms. The summed E-state index contributed by atoms with van der Waals surface area (Å²) in [5.74, 6) is 1.17. The van der Waals surface area contributed by atoms with Gasteiger partial charge in [0.05, 0.1) is 44.6 Å². The predicted molar refractivity (Wildman–Crippen MR) is 195 cm³/mol.